The van der Waals surface area contributed by atoms with Crippen molar-refractivity contribution in [3.8, 4) is 0 Å². The maximum Gasteiger partial charge on any atom is 0.247 e. The fourth-order valence-electron chi connectivity index (χ4n) is 2.65. The average molecular weight is 330 g/mol. The van der Waals surface area contributed by atoms with Crippen molar-refractivity contribution in [1.29, 1.82) is 0 Å². The third kappa shape index (κ3) is 3.06. The predicted octanol–water partition coefficient (Wildman–Crippen LogP) is 4.38. The maximum absolute atomic E-state index is 12.2. The molecule has 2 aromatic carbocycles. The molecule has 4 heteroatoms. The molecule has 1 amide bonds. The molecule has 0 radical (unpaired) electrons. The molecule has 0 bridgehead atoms. The Morgan fingerprint density at radius 3 is 2.14 bits per heavy atom. The van der Waals surface area contributed by atoms with Crippen LogP contribution in [0.2, 0.25) is 5.02 Å². The molecule has 1 aliphatic rings. The van der Waals surface area contributed by atoms with Crippen LogP contribution in [0.15, 0.2) is 59.0 Å². The largest absolute Gasteiger partial charge is 0.352 e. The van der Waals surface area contributed by atoms with Gasteiger partial charge in [-0.3, -0.25) is 4.79 Å². The van der Waals surface area contributed by atoms with Crippen LogP contribution in [-0.2, 0) is 4.79 Å². The van der Waals surface area contributed by atoms with Crippen LogP contribution in [0.5, 0.6) is 0 Å². The second-order valence-corrected chi connectivity index (χ2v) is 6.41. The van der Waals surface area contributed by atoms with Crippen LogP contribution in [-0.4, -0.2) is 18.7 Å². The van der Waals surface area contributed by atoms with E-state index in [0.29, 0.717) is 11.6 Å². The van der Waals surface area contributed by atoms with Gasteiger partial charge in [0.2, 0.25) is 5.91 Å². The molecule has 0 aliphatic carbocycles. The van der Waals surface area contributed by atoms with Crippen LogP contribution in [0.3, 0.4) is 0 Å². The highest BCUT2D eigenvalue weighted by atomic mass is 35.5. The summed E-state index contributed by atoms with van der Waals surface area (Å²) in [5, 5.41) is 3.59. The second kappa shape index (κ2) is 6.59. The number of thioether (sulfide) groups is 1. The van der Waals surface area contributed by atoms with Crippen LogP contribution in [0.4, 0.5) is 0 Å². The van der Waals surface area contributed by atoms with E-state index in [4.69, 9.17) is 11.6 Å². The summed E-state index contributed by atoms with van der Waals surface area (Å²) < 4.78 is 0. The van der Waals surface area contributed by atoms with Gasteiger partial charge in [0.25, 0.3) is 0 Å². The number of rotatable bonds is 3. The molecule has 0 unspecified atom stereocenters. The summed E-state index contributed by atoms with van der Waals surface area (Å²) in [4.78, 5) is 13.4. The monoisotopic (exact) mass is 329 g/mol. The first-order valence-corrected chi connectivity index (χ1v) is 8.71. The number of hydrogen-bond acceptors (Lipinski definition) is 2. The highest BCUT2D eigenvalue weighted by molar-refractivity contribution is 7.98. The molecule has 1 aliphatic heterocycles. The van der Waals surface area contributed by atoms with Crippen molar-refractivity contribution < 1.29 is 4.79 Å². The number of amides is 1. The number of carbonyl (C=O) groups excluding carboxylic acids is 1. The fraction of sp³-hybridized carbons (Fsp3) is 0.167. The lowest BCUT2D eigenvalue weighted by molar-refractivity contribution is -0.116. The van der Waals surface area contributed by atoms with Gasteiger partial charge in [0.1, 0.15) is 0 Å². The van der Waals surface area contributed by atoms with Crippen molar-refractivity contribution in [2.45, 2.75) is 11.3 Å². The van der Waals surface area contributed by atoms with Crippen molar-refractivity contribution in [3.63, 3.8) is 0 Å². The van der Waals surface area contributed by atoms with E-state index in [1.807, 2.05) is 24.3 Å². The molecule has 1 N–H and O–H groups in total. The smallest absolute Gasteiger partial charge is 0.247 e. The van der Waals surface area contributed by atoms with E-state index < -0.39 is 0 Å². The van der Waals surface area contributed by atoms with E-state index in [-0.39, 0.29) is 5.91 Å². The van der Waals surface area contributed by atoms with E-state index in [9.17, 15) is 4.79 Å². The Kier molecular flexibility index (Phi) is 4.55. The highest BCUT2D eigenvalue weighted by Crippen LogP contribution is 2.32. The minimum absolute atomic E-state index is 0.0268. The molecule has 2 nitrogen and oxygen atoms in total. The lowest BCUT2D eigenvalue weighted by Gasteiger charge is -2.12. The van der Waals surface area contributed by atoms with Gasteiger partial charge in [0, 0.05) is 22.0 Å². The highest BCUT2D eigenvalue weighted by Gasteiger charge is 2.22. The Balaban J connectivity index is 2.14. The van der Waals surface area contributed by atoms with Crippen LogP contribution in [0, 0.1) is 0 Å². The molecule has 22 heavy (non-hydrogen) atoms. The third-order valence-corrected chi connectivity index (χ3v) is 4.74. The SMILES string of the molecule is CSc1ccc(C(=C2CCNC2=O)c2ccc(Cl)cc2)cc1. The fourth-order valence-corrected chi connectivity index (χ4v) is 3.18. The number of carbonyl (C=O) groups is 1. The summed E-state index contributed by atoms with van der Waals surface area (Å²) in [7, 11) is 0. The molecule has 0 spiro atoms. The van der Waals surface area contributed by atoms with Crippen molar-refractivity contribution in [2.24, 2.45) is 0 Å². The molecule has 0 atom stereocenters. The number of benzene rings is 2. The second-order valence-electron chi connectivity index (χ2n) is 5.09. The van der Waals surface area contributed by atoms with Crippen molar-refractivity contribution in [3.05, 3.63) is 70.3 Å². The quantitative estimate of drug-likeness (QED) is 0.668. The first-order chi connectivity index (χ1) is 10.7. The number of nitrogens with one attached hydrogen (secondary N) is 1. The molecule has 3 rings (SSSR count). The van der Waals surface area contributed by atoms with E-state index in [2.05, 4.69) is 35.8 Å². The van der Waals surface area contributed by atoms with E-state index in [0.717, 1.165) is 28.7 Å². The van der Waals surface area contributed by atoms with Gasteiger partial charge in [-0.05, 0) is 53.6 Å². The molecule has 0 saturated carbocycles. The zero-order valence-corrected chi connectivity index (χ0v) is 13.8. The Morgan fingerprint density at radius 1 is 1.05 bits per heavy atom. The van der Waals surface area contributed by atoms with Gasteiger partial charge in [-0.25, -0.2) is 0 Å². The molecular weight excluding hydrogens is 314 g/mol. The van der Waals surface area contributed by atoms with Gasteiger partial charge in [-0.1, -0.05) is 35.9 Å². The molecule has 2 aromatic rings. The van der Waals surface area contributed by atoms with E-state index in [1.165, 1.54) is 4.90 Å². The topological polar surface area (TPSA) is 29.1 Å². The molecule has 112 valence electrons. The van der Waals surface area contributed by atoms with Gasteiger partial charge in [-0.2, -0.15) is 0 Å². The average Bonchev–Trinajstić information content (AvgIpc) is 2.96. The van der Waals surface area contributed by atoms with E-state index >= 15 is 0 Å². The van der Waals surface area contributed by atoms with Crippen LogP contribution in [0.1, 0.15) is 17.5 Å². The molecule has 1 saturated heterocycles. The molecular formula is C18H16ClNOS. The van der Waals surface area contributed by atoms with Gasteiger partial charge in [0.05, 0.1) is 0 Å². The number of halogens is 1. The Hall–Kier alpha value is -1.71. The van der Waals surface area contributed by atoms with Gasteiger partial charge in [-0.15, -0.1) is 11.8 Å². The molecule has 1 fully saturated rings. The standard InChI is InChI=1S/C18H16ClNOS/c1-22-15-8-4-13(5-9-15)17(16-10-11-20-18(16)21)12-2-6-14(19)7-3-12/h2-9H,10-11H2,1H3,(H,20,21). The van der Waals surface area contributed by atoms with Crippen LogP contribution < -0.4 is 5.32 Å². The summed E-state index contributed by atoms with van der Waals surface area (Å²) >= 11 is 7.70. The lowest BCUT2D eigenvalue weighted by atomic mass is 9.92. The zero-order chi connectivity index (χ0) is 15.5. The van der Waals surface area contributed by atoms with Crippen LogP contribution >= 0.6 is 23.4 Å². The number of hydrogen-bond donors (Lipinski definition) is 1. The Bertz CT molecular complexity index is 720. The normalized spacial score (nSPS) is 16.5. The molecule has 0 aromatic heterocycles. The summed E-state index contributed by atoms with van der Waals surface area (Å²) in [6, 6.07) is 16.0. The first kappa shape index (κ1) is 15.2. The van der Waals surface area contributed by atoms with Gasteiger partial charge >= 0.3 is 0 Å². The van der Waals surface area contributed by atoms with Crippen molar-refractivity contribution in [1.82, 2.24) is 5.32 Å². The zero-order valence-electron chi connectivity index (χ0n) is 12.2. The Morgan fingerprint density at radius 2 is 1.64 bits per heavy atom. The minimum atomic E-state index is 0.0268. The summed E-state index contributed by atoms with van der Waals surface area (Å²) in [5.41, 5.74) is 3.93. The summed E-state index contributed by atoms with van der Waals surface area (Å²) in [5.74, 6) is 0.0268. The van der Waals surface area contributed by atoms with Gasteiger partial charge < -0.3 is 5.32 Å². The summed E-state index contributed by atoms with van der Waals surface area (Å²) in [6.45, 7) is 0.703. The van der Waals surface area contributed by atoms with Crippen LogP contribution in [0.25, 0.3) is 5.57 Å². The Labute approximate surface area is 139 Å². The van der Waals surface area contributed by atoms with Crippen molar-refractivity contribution >= 4 is 34.8 Å². The van der Waals surface area contributed by atoms with Crippen molar-refractivity contribution in [2.75, 3.05) is 12.8 Å². The first-order valence-electron chi connectivity index (χ1n) is 7.11. The van der Waals surface area contributed by atoms with E-state index in [1.54, 1.807) is 11.8 Å². The summed E-state index contributed by atoms with van der Waals surface area (Å²) in [6.07, 6.45) is 2.80. The third-order valence-electron chi connectivity index (χ3n) is 3.75. The maximum atomic E-state index is 12.2. The molecule has 1 heterocycles. The van der Waals surface area contributed by atoms with Gasteiger partial charge in [0.15, 0.2) is 0 Å². The lowest BCUT2D eigenvalue weighted by Crippen LogP contribution is -2.15. The minimum Gasteiger partial charge on any atom is -0.352 e. The predicted molar refractivity (Wildman–Crippen MR) is 93.3 cm³/mol.